The predicted octanol–water partition coefficient (Wildman–Crippen LogP) is 2.73. The smallest absolute Gasteiger partial charge is 0.352 e. The fourth-order valence-corrected chi connectivity index (χ4v) is 4.85. The fourth-order valence-electron chi connectivity index (χ4n) is 4.64. The molecule has 2 aliphatic rings. The first kappa shape index (κ1) is 25.4. The molecule has 0 bridgehead atoms. The molecule has 1 atom stereocenters. The number of aromatic nitrogens is 1. The summed E-state index contributed by atoms with van der Waals surface area (Å²) >= 11 is 6.13. The number of methoxy groups -OCH3 is 1. The molecule has 0 spiro atoms. The first-order valence-electron chi connectivity index (χ1n) is 12.0. The number of esters is 1. The van der Waals surface area contributed by atoms with Crippen molar-refractivity contribution in [3.05, 3.63) is 40.8 Å². The lowest BCUT2D eigenvalue weighted by molar-refractivity contribution is -0.140. The van der Waals surface area contributed by atoms with Gasteiger partial charge in [-0.2, -0.15) is 5.26 Å². The van der Waals surface area contributed by atoms with E-state index in [-0.39, 0.29) is 29.8 Å². The molecule has 2 aliphatic heterocycles. The number of halogens is 1. The molecule has 2 amide bonds. The van der Waals surface area contributed by atoms with Crippen molar-refractivity contribution in [2.75, 3.05) is 38.6 Å². The van der Waals surface area contributed by atoms with Gasteiger partial charge in [0.25, 0.3) is 0 Å². The summed E-state index contributed by atoms with van der Waals surface area (Å²) in [6.45, 7) is 1.94. The van der Waals surface area contributed by atoms with Gasteiger partial charge in [0.1, 0.15) is 23.1 Å². The molecule has 36 heavy (non-hydrogen) atoms. The van der Waals surface area contributed by atoms with Gasteiger partial charge >= 0.3 is 5.97 Å². The van der Waals surface area contributed by atoms with Gasteiger partial charge in [-0.1, -0.05) is 23.7 Å². The molecule has 4 rings (SSSR count). The maximum Gasteiger partial charge on any atom is 0.352 e. The van der Waals surface area contributed by atoms with Crippen molar-refractivity contribution in [2.24, 2.45) is 0 Å². The van der Waals surface area contributed by atoms with Crippen LogP contribution in [-0.2, 0) is 19.1 Å². The summed E-state index contributed by atoms with van der Waals surface area (Å²) in [4.78, 5) is 45.0. The summed E-state index contributed by atoms with van der Waals surface area (Å²) in [5.74, 6) is -1.10. The number of fused-ring (bicyclic) bond motifs is 1. The molecule has 0 radical (unpaired) electrons. The number of hydrogen-bond donors (Lipinski definition) is 3. The number of nitrogens with zero attached hydrogens (tertiary/aromatic N) is 3. The second-order valence-electron chi connectivity index (χ2n) is 8.91. The number of anilines is 1. The minimum Gasteiger partial charge on any atom is -0.465 e. The number of carbonyl (C=O) groups excluding carboxylic acids is 3. The molecule has 0 aliphatic carbocycles. The summed E-state index contributed by atoms with van der Waals surface area (Å²) in [6.07, 6.45) is 3.94. The fraction of sp³-hybridized carbons (Fsp3) is 0.440. The summed E-state index contributed by atoms with van der Waals surface area (Å²) < 4.78 is 4.81. The summed E-state index contributed by atoms with van der Waals surface area (Å²) in [7, 11) is 1.19. The lowest BCUT2D eigenvalue weighted by Crippen LogP contribution is -2.49. The molecule has 10 nitrogen and oxygen atoms in total. The van der Waals surface area contributed by atoms with Gasteiger partial charge < -0.3 is 30.2 Å². The van der Waals surface area contributed by atoms with Gasteiger partial charge in [0.2, 0.25) is 11.8 Å². The number of H-pyrrole nitrogens is 1. The van der Waals surface area contributed by atoms with Crippen LogP contribution in [-0.4, -0.2) is 71.9 Å². The third-order valence-electron chi connectivity index (χ3n) is 6.52. The number of ether oxygens (including phenoxy) is 1. The van der Waals surface area contributed by atoms with E-state index in [4.69, 9.17) is 16.3 Å². The van der Waals surface area contributed by atoms with Gasteiger partial charge in [0.05, 0.1) is 24.9 Å². The van der Waals surface area contributed by atoms with Crippen LogP contribution >= 0.6 is 11.6 Å². The minimum absolute atomic E-state index is 0.0197. The average molecular weight is 513 g/mol. The zero-order chi connectivity index (χ0) is 25.7. The summed E-state index contributed by atoms with van der Waals surface area (Å²) in [5, 5.41) is 17.2. The monoisotopic (exact) mass is 512 g/mol. The van der Waals surface area contributed by atoms with Crippen LogP contribution in [0.2, 0.25) is 5.15 Å². The van der Waals surface area contributed by atoms with Crippen LogP contribution in [0.15, 0.2) is 35.7 Å². The molecular weight excluding hydrogens is 484 g/mol. The van der Waals surface area contributed by atoms with Crippen LogP contribution in [0, 0.1) is 11.3 Å². The van der Waals surface area contributed by atoms with E-state index in [1.165, 1.54) is 7.11 Å². The highest BCUT2D eigenvalue weighted by Crippen LogP contribution is 2.27. The van der Waals surface area contributed by atoms with E-state index in [1.54, 1.807) is 28.0 Å². The number of para-hydroxylation sites is 1. The third kappa shape index (κ3) is 5.57. The number of nitrogens with one attached hydrogen (secondary N) is 3. The standard InChI is InChI=1S/C25H29ClN6O4/c1-36-25(35)17(14-27)23(28-18-9-6-7-16-13-20(26)30-22(16)18)29-19-8-2-3-12-32(24(19)34)15-21(33)31-10-4-5-11-31/h6-7,9,13,19,28-30H,2-5,8,10-12,15H2,1H3/b23-17+/t19-/m0/s1. The van der Waals surface area contributed by atoms with Crippen LogP contribution in [0.25, 0.3) is 10.9 Å². The largest absolute Gasteiger partial charge is 0.465 e. The quantitative estimate of drug-likeness (QED) is 0.295. The molecule has 2 fully saturated rings. The summed E-state index contributed by atoms with van der Waals surface area (Å²) in [5.41, 5.74) is 0.929. The highest BCUT2D eigenvalue weighted by Gasteiger charge is 2.32. The maximum absolute atomic E-state index is 13.5. The second-order valence-corrected chi connectivity index (χ2v) is 9.31. The molecule has 1 aromatic heterocycles. The van der Waals surface area contributed by atoms with Crippen LogP contribution < -0.4 is 10.6 Å². The van der Waals surface area contributed by atoms with E-state index in [2.05, 4.69) is 15.6 Å². The van der Waals surface area contributed by atoms with Crippen LogP contribution in [0.4, 0.5) is 5.69 Å². The normalized spacial score (nSPS) is 18.9. The number of hydrogen-bond acceptors (Lipinski definition) is 7. The Morgan fingerprint density at radius 1 is 1.22 bits per heavy atom. The molecule has 11 heteroatoms. The molecular formula is C25H29ClN6O4. The van der Waals surface area contributed by atoms with Crippen molar-refractivity contribution >= 4 is 46.0 Å². The number of amides is 2. The van der Waals surface area contributed by atoms with Gasteiger partial charge in [0, 0.05) is 25.0 Å². The van der Waals surface area contributed by atoms with E-state index >= 15 is 0 Å². The number of likely N-dealkylation sites (tertiary alicyclic amines) is 2. The Balaban J connectivity index is 1.61. The number of rotatable bonds is 7. The van der Waals surface area contributed by atoms with Gasteiger partial charge in [-0.15, -0.1) is 0 Å². The second kappa shape index (κ2) is 11.4. The first-order valence-corrected chi connectivity index (χ1v) is 12.4. The topological polar surface area (TPSA) is 131 Å². The maximum atomic E-state index is 13.5. The third-order valence-corrected chi connectivity index (χ3v) is 6.72. The Labute approximate surface area is 214 Å². The number of carbonyl (C=O) groups is 3. The Morgan fingerprint density at radius 3 is 2.69 bits per heavy atom. The van der Waals surface area contributed by atoms with E-state index in [9.17, 15) is 19.6 Å². The Morgan fingerprint density at radius 2 is 1.97 bits per heavy atom. The Kier molecular flexibility index (Phi) is 8.00. The first-order chi connectivity index (χ1) is 17.4. The Bertz CT molecular complexity index is 1230. The zero-order valence-electron chi connectivity index (χ0n) is 20.1. The van der Waals surface area contributed by atoms with E-state index in [0.717, 1.165) is 44.2 Å². The van der Waals surface area contributed by atoms with E-state index in [0.29, 0.717) is 29.3 Å². The summed E-state index contributed by atoms with van der Waals surface area (Å²) in [6, 6.07) is 8.35. The van der Waals surface area contributed by atoms with Crippen LogP contribution in [0.5, 0.6) is 0 Å². The van der Waals surface area contributed by atoms with Crippen molar-refractivity contribution in [1.82, 2.24) is 20.1 Å². The molecule has 3 heterocycles. The van der Waals surface area contributed by atoms with Gasteiger partial charge in [-0.3, -0.25) is 9.59 Å². The van der Waals surface area contributed by atoms with Crippen LogP contribution in [0.3, 0.4) is 0 Å². The van der Waals surface area contributed by atoms with E-state index < -0.39 is 12.0 Å². The SMILES string of the molecule is COC(=O)/C(C#N)=C(\Nc1cccc2cc(Cl)[nH]c12)N[C@H]1CCCCN(CC(=O)N2CCCC2)C1=O. The number of benzene rings is 1. The lowest BCUT2D eigenvalue weighted by atomic mass is 10.1. The highest BCUT2D eigenvalue weighted by molar-refractivity contribution is 6.30. The minimum atomic E-state index is -0.841. The van der Waals surface area contributed by atoms with Crippen LogP contribution in [0.1, 0.15) is 32.1 Å². The van der Waals surface area contributed by atoms with Crippen molar-refractivity contribution < 1.29 is 19.1 Å². The molecule has 3 N–H and O–H groups in total. The molecule has 190 valence electrons. The molecule has 1 aromatic carbocycles. The zero-order valence-corrected chi connectivity index (χ0v) is 20.9. The van der Waals surface area contributed by atoms with Crippen molar-refractivity contribution in [3.8, 4) is 6.07 Å². The van der Waals surface area contributed by atoms with Gasteiger partial charge in [0.15, 0.2) is 5.57 Å². The number of aromatic amines is 1. The van der Waals surface area contributed by atoms with Crippen molar-refractivity contribution in [3.63, 3.8) is 0 Å². The Hall–Kier alpha value is -3.71. The van der Waals surface area contributed by atoms with E-state index in [1.807, 2.05) is 12.1 Å². The predicted molar refractivity (Wildman–Crippen MR) is 135 cm³/mol. The molecule has 0 saturated carbocycles. The molecule has 0 unspecified atom stereocenters. The van der Waals surface area contributed by atoms with Crippen molar-refractivity contribution in [2.45, 2.75) is 38.1 Å². The van der Waals surface area contributed by atoms with Gasteiger partial charge in [-0.05, 0) is 44.2 Å². The molecule has 2 saturated heterocycles. The highest BCUT2D eigenvalue weighted by atomic mass is 35.5. The number of nitriles is 1. The molecule has 2 aromatic rings. The van der Waals surface area contributed by atoms with Gasteiger partial charge in [-0.25, -0.2) is 4.79 Å². The lowest BCUT2D eigenvalue weighted by Gasteiger charge is -2.28. The average Bonchev–Trinajstić information content (AvgIpc) is 3.51. The van der Waals surface area contributed by atoms with Crippen molar-refractivity contribution in [1.29, 1.82) is 5.26 Å².